The summed E-state index contributed by atoms with van der Waals surface area (Å²) in [6.07, 6.45) is 4.66. The molecule has 0 aliphatic carbocycles. The number of aromatic nitrogens is 2. The highest BCUT2D eigenvalue weighted by atomic mass is 16.5. The minimum Gasteiger partial charge on any atom is -0.497 e. The number of piperidine rings is 1. The Morgan fingerprint density at radius 1 is 1.28 bits per heavy atom. The standard InChI is InChI=1S/C27H33N5O4/c1-17(2)29-26(35)32-16-27(8-11-31(12-9-27)25(34)18-5-4-10-28-14-18)23-20-7-6-19(36-3)13-21(20)30-24(23)22(32)15-33/h4-7,10,13-14,17,22,30,33H,8-9,11-12,15-16H2,1-3H3,(H,29,35)/t22-/m1/s1. The predicted molar refractivity (Wildman–Crippen MR) is 136 cm³/mol. The summed E-state index contributed by atoms with van der Waals surface area (Å²) in [5.41, 5.74) is 3.14. The summed E-state index contributed by atoms with van der Waals surface area (Å²) in [6, 6.07) is 8.79. The van der Waals surface area contributed by atoms with Gasteiger partial charge in [-0.15, -0.1) is 0 Å². The number of methoxy groups -OCH3 is 1. The molecule has 2 aliphatic heterocycles. The SMILES string of the molecule is COc1ccc2c3c([nH]c2c1)[C@@H](CO)N(C(=O)NC(C)C)CC31CCN(C(=O)c2cccnc2)CC1. The topological polar surface area (TPSA) is 111 Å². The first kappa shape index (κ1) is 24.1. The number of aliphatic hydroxyl groups excluding tert-OH is 1. The Hall–Kier alpha value is -3.59. The number of fused-ring (bicyclic) bond motifs is 4. The Morgan fingerprint density at radius 2 is 2.06 bits per heavy atom. The van der Waals surface area contributed by atoms with Gasteiger partial charge in [0.25, 0.3) is 5.91 Å². The highest BCUT2D eigenvalue weighted by molar-refractivity contribution is 5.94. The van der Waals surface area contributed by atoms with Crippen LogP contribution in [0.2, 0.25) is 0 Å². The largest absolute Gasteiger partial charge is 0.497 e. The summed E-state index contributed by atoms with van der Waals surface area (Å²) in [5, 5.41) is 14.5. The Kier molecular flexibility index (Phi) is 6.34. The Morgan fingerprint density at radius 3 is 2.69 bits per heavy atom. The molecule has 4 heterocycles. The van der Waals surface area contributed by atoms with Gasteiger partial charge in [0.05, 0.1) is 25.3 Å². The molecule has 0 radical (unpaired) electrons. The van der Waals surface area contributed by atoms with Crippen LogP contribution >= 0.6 is 0 Å². The number of urea groups is 1. The van der Waals surface area contributed by atoms with Crippen molar-refractivity contribution < 1.29 is 19.4 Å². The summed E-state index contributed by atoms with van der Waals surface area (Å²) in [5.74, 6) is 0.710. The van der Waals surface area contributed by atoms with Crippen molar-refractivity contribution in [2.24, 2.45) is 0 Å². The molecule has 1 atom stereocenters. The van der Waals surface area contributed by atoms with Gasteiger partial charge in [0.15, 0.2) is 0 Å². The summed E-state index contributed by atoms with van der Waals surface area (Å²) in [7, 11) is 1.63. The molecule has 1 saturated heterocycles. The van der Waals surface area contributed by atoms with Crippen LogP contribution in [-0.4, -0.2) is 76.2 Å². The second kappa shape index (κ2) is 9.46. The van der Waals surface area contributed by atoms with E-state index in [1.807, 2.05) is 30.9 Å². The number of amides is 3. The monoisotopic (exact) mass is 491 g/mol. The lowest BCUT2D eigenvalue weighted by Gasteiger charge is -2.50. The van der Waals surface area contributed by atoms with E-state index >= 15 is 0 Å². The first-order valence-electron chi connectivity index (χ1n) is 12.4. The average Bonchev–Trinajstić information content (AvgIpc) is 3.28. The first-order chi connectivity index (χ1) is 17.4. The van der Waals surface area contributed by atoms with Gasteiger partial charge in [0, 0.05) is 66.1 Å². The van der Waals surface area contributed by atoms with E-state index in [-0.39, 0.29) is 30.0 Å². The Labute approximate surface area is 210 Å². The lowest BCUT2D eigenvalue weighted by molar-refractivity contribution is 0.0524. The van der Waals surface area contributed by atoms with E-state index < -0.39 is 6.04 Å². The minimum atomic E-state index is -0.488. The van der Waals surface area contributed by atoms with Gasteiger partial charge in [-0.3, -0.25) is 9.78 Å². The van der Waals surface area contributed by atoms with E-state index in [0.717, 1.165) is 27.9 Å². The van der Waals surface area contributed by atoms with E-state index in [2.05, 4.69) is 21.4 Å². The summed E-state index contributed by atoms with van der Waals surface area (Å²) >= 11 is 0. The van der Waals surface area contributed by atoms with Gasteiger partial charge in [-0.25, -0.2) is 4.79 Å². The van der Waals surface area contributed by atoms with Gasteiger partial charge in [0.2, 0.25) is 0 Å². The number of H-pyrrole nitrogens is 1. The molecular formula is C27H33N5O4. The molecule has 2 aliphatic rings. The molecule has 0 saturated carbocycles. The summed E-state index contributed by atoms with van der Waals surface area (Å²) in [4.78, 5) is 37.6. The third-order valence-corrected chi connectivity index (χ3v) is 7.51. The quantitative estimate of drug-likeness (QED) is 0.519. The normalized spacial score (nSPS) is 19.0. The zero-order valence-electron chi connectivity index (χ0n) is 21.0. The van der Waals surface area contributed by atoms with Gasteiger partial charge >= 0.3 is 6.03 Å². The van der Waals surface area contributed by atoms with Crippen LogP contribution in [-0.2, 0) is 5.41 Å². The van der Waals surface area contributed by atoms with E-state index in [9.17, 15) is 14.7 Å². The molecule has 36 heavy (non-hydrogen) atoms. The molecule has 190 valence electrons. The number of benzene rings is 1. The van der Waals surface area contributed by atoms with Crippen molar-refractivity contribution in [1.82, 2.24) is 25.1 Å². The van der Waals surface area contributed by atoms with Crippen LogP contribution in [0.4, 0.5) is 4.79 Å². The first-order valence-corrected chi connectivity index (χ1v) is 12.4. The van der Waals surface area contributed by atoms with Crippen molar-refractivity contribution in [1.29, 1.82) is 0 Å². The third-order valence-electron chi connectivity index (χ3n) is 7.51. The zero-order chi connectivity index (χ0) is 25.4. The van der Waals surface area contributed by atoms with Crippen LogP contribution in [0.1, 0.15) is 54.3 Å². The van der Waals surface area contributed by atoms with Crippen molar-refractivity contribution in [3.8, 4) is 5.75 Å². The smallest absolute Gasteiger partial charge is 0.318 e. The minimum absolute atomic E-state index is 0.0275. The molecule has 9 nitrogen and oxygen atoms in total. The van der Waals surface area contributed by atoms with Gasteiger partial charge < -0.3 is 29.9 Å². The number of hydrogen-bond acceptors (Lipinski definition) is 5. The number of carbonyl (C=O) groups is 2. The second-order valence-electron chi connectivity index (χ2n) is 10.1. The number of hydrogen-bond donors (Lipinski definition) is 3. The fourth-order valence-corrected chi connectivity index (χ4v) is 5.77. The van der Waals surface area contributed by atoms with Crippen LogP contribution in [0, 0.1) is 0 Å². The van der Waals surface area contributed by atoms with Crippen LogP contribution in [0.25, 0.3) is 10.9 Å². The fourth-order valence-electron chi connectivity index (χ4n) is 5.77. The maximum atomic E-state index is 13.3. The van der Waals surface area contributed by atoms with E-state index in [0.29, 0.717) is 38.0 Å². The Bertz CT molecular complexity index is 1260. The summed E-state index contributed by atoms with van der Waals surface area (Å²) < 4.78 is 5.44. The van der Waals surface area contributed by atoms with Crippen molar-refractivity contribution in [3.63, 3.8) is 0 Å². The van der Waals surface area contributed by atoms with Crippen LogP contribution in [0.5, 0.6) is 5.75 Å². The molecule has 5 rings (SSSR count). The van der Waals surface area contributed by atoms with Crippen LogP contribution in [0.3, 0.4) is 0 Å². The molecule has 0 bridgehead atoms. The van der Waals surface area contributed by atoms with Crippen LogP contribution in [0.15, 0.2) is 42.7 Å². The average molecular weight is 492 g/mol. The molecule has 1 fully saturated rings. The van der Waals surface area contributed by atoms with E-state index in [4.69, 9.17) is 4.74 Å². The molecule has 9 heteroatoms. The van der Waals surface area contributed by atoms with E-state index in [1.165, 1.54) is 0 Å². The second-order valence-corrected chi connectivity index (χ2v) is 10.1. The molecule has 1 aromatic carbocycles. The zero-order valence-corrected chi connectivity index (χ0v) is 21.0. The fraction of sp³-hybridized carbons (Fsp3) is 0.444. The maximum absolute atomic E-state index is 13.3. The number of likely N-dealkylation sites (tertiary alicyclic amines) is 1. The molecule has 0 unspecified atom stereocenters. The summed E-state index contributed by atoms with van der Waals surface area (Å²) in [6.45, 7) is 5.27. The van der Waals surface area contributed by atoms with Gasteiger partial charge in [-0.1, -0.05) is 0 Å². The molecule has 1 spiro atoms. The van der Waals surface area contributed by atoms with Crippen molar-refractivity contribution in [2.45, 2.75) is 44.2 Å². The third kappa shape index (κ3) is 4.07. The highest BCUT2D eigenvalue weighted by Gasteiger charge is 2.49. The van der Waals surface area contributed by atoms with Gasteiger partial charge in [-0.05, 0) is 56.5 Å². The van der Waals surface area contributed by atoms with Gasteiger partial charge in [-0.2, -0.15) is 0 Å². The van der Waals surface area contributed by atoms with Crippen LogP contribution < -0.4 is 10.1 Å². The highest BCUT2D eigenvalue weighted by Crippen LogP contribution is 2.49. The number of nitrogens with zero attached hydrogens (tertiary/aromatic N) is 3. The lowest BCUT2D eigenvalue weighted by Crippen LogP contribution is -2.58. The molecule has 2 aromatic heterocycles. The number of ether oxygens (including phenoxy) is 1. The lowest BCUT2D eigenvalue weighted by atomic mass is 9.68. The van der Waals surface area contributed by atoms with Crippen molar-refractivity contribution >= 4 is 22.8 Å². The number of nitrogens with one attached hydrogen (secondary N) is 2. The maximum Gasteiger partial charge on any atom is 0.318 e. The Balaban J connectivity index is 1.55. The van der Waals surface area contributed by atoms with Crippen molar-refractivity contribution in [2.75, 3.05) is 33.4 Å². The molecule has 3 amide bonds. The van der Waals surface area contributed by atoms with Gasteiger partial charge in [0.1, 0.15) is 5.75 Å². The molecule has 3 N–H and O–H groups in total. The van der Waals surface area contributed by atoms with E-state index in [1.54, 1.807) is 36.5 Å². The van der Waals surface area contributed by atoms with Crippen molar-refractivity contribution in [3.05, 3.63) is 59.5 Å². The number of aliphatic hydroxyl groups is 1. The number of aromatic amines is 1. The number of pyridine rings is 1. The predicted octanol–water partition coefficient (Wildman–Crippen LogP) is 3.21. The molecular weight excluding hydrogens is 458 g/mol. The number of rotatable bonds is 4. The number of carbonyl (C=O) groups excluding carboxylic acids is 2. The molecule has 3 aromatic rings.